The number of amides is 3. The Morgan fingerprint density at radius 3 is 2.09 bits per heavy atom. The molecule has 178 valence electrons. The molecule has 1 atom stereocenters. The van der Waals surface area contributed by atoms with E-state index < -0.39 is 47.9 Å². The molecule has 0 spiro atoms. The van der Waals surface area contributed by atoms with E-state index in [4.69, 9.17) is 0 Å². The highest BCUT2D eigenvalue weighted by Gasteiger charge is 2.26. The van der Waals surface area contributed by atoms with Crippen LogP contribution in [0.1, 0.15) is 34.1 Å². The van der Waals surface area contributed by atoms with Crippen molar-refractivity contribution in [3.63, 3.8) is 0 Å². The molecule has 11 heteroatoms. The number of hydrogen-bond acceptors (Lipinski definition) is 8. The summed E-state index contributed by atoms with van der Waals surface area (Å²) in [6.45, 7) is 1.28. The van der Waals surface area contributed by atoms with Crippen molar-refractivity contribution in [1.82, 2.24) is 5.32 Å². The second-order valence-electron chi connectivity index (χ2n) is 6.92. The molecule has 0 radical (unpaired) electrons. The van der Waals surface area contributed by atoms with Gasteiger partial charge in [-0.05, 0) is 36.4 Å². The molecule has 0 aromatic heterocycles. The number of esters is 2. The van der Waals surface area contributed by atoms with E-state index in [1.807, 2.05) is 0 Å². The maximum absolute atomic E-state index is 12.5. The van der Waals surface area contributed by atoms with Crippen LogP contribution in [0.25, 0.3) is 0 Å². The molecule has 0 bridgehead atoms. The van der Waals surface area contributed by atoms with Crippen molar-refractivity contribution >= 4 is 46.8 Å². The van der Waals surface area contributed by atoms with Crippen molar-refractivity contribution in [2.75, 3.05) is 24.9 Å². The number of rotatable bonds is 9. The minimum absolute atomic E-state index is 0.0191. The quantitative estimate of drug-likeness (QED) is 0.282. The van der Waals surface area contributed by atoms with Crippen molar-refractivity contribution < 1.29 is 38.2 Å². The van der Waals surface area contributed by atoms with Crippen LogP contribution in [-0.4, -0.2) is 55.7 Å². The van der Waals surface area contributed by atoms with Gasteiger partial charge >= 0.3 is 11.9 Å². The minimum atomic E-state index is -1.24. The lowest BCUT2D eigenvalue weighted by Gasteiger charge is -2.15. The standard InChI is InChI=1S/C23H23N3O8/c1-13(27)24-17-7-5-4-6-16(17)20(29)22(31)25-15-10-8-14(9-11-15)21(30)26-18(23(32)34-3)12-19(28)33-2/h4-11,18H,12H2,1-3H3,(H,24,27)(H,25,31)(H,26,30)/t18-/m0/s1. The van der Waals surface area contributed by atoms with Crippen LogP contribution in [-0.2, 0) is 28.7 Å². The number of hydrogen-bond donors (Lipinski definition) is 3. The van der Waals surface area contributed by atoms with Crippen molar-refractivity contribution in [3.8, 4) is 0 Å². The molecule has 0 aliphatic heterocycles. The Morgan fingerprint density at radius 1 is 0.853 bits per heavy atom. The fraction of sp³-hybridized carbons (Fsp3) is 0.217. The maximum atomic E-state index is 12.5. The predicted molar refractivity (Wildman–Crippen MR) is 120 cm³/mol. The van der Waals surface area contributed by atoms with Gasteiger partial charge in [-0.25, -0.2) is 4.79 Å². The number of ether oxygens (including phenoxy) is 2. The Labute approximate surface area is 194 Å². The second-order valence-corrected chi connectivity index (χ2v) is 6.92. The van der Waals surface area contributed by atoms with Gasteiger partial charge in [0, 0.05) is 18.2 Å². The van der Waals surface area contributed by atoms with Crippen LogP contribution in [0, 0.1) is 0 Å². The average molecular weight is 469 g/mol. The normalized spacial score (nSPS) is 10.9. The summed E-state index contributed by atoms with van der Waals surface area (Å²) in [5, 5.41) is 7.29. The summed E-state index contributed by atoms with van der Waals surface area (Å²) in [6.07, 6.45) is -0.412. The molecule has 0 heterocycles. The SMILES string of the molecule is COC(=O)C[C@H](NC(=O)c1ccc(NC(=O)C(=O)c2ccccc2NC(C)=O)cc1)C(=O)OC. The first-order valence-corrected chi connectivity index (χ1v) is 9.94. The summed E-state index contributed by atoms with van der Waals surface area (Å²) in [4.78, 5) is 72.0. The van der Waals surface area contributed by atoms with Crippen LogP contribution in [0.3, 0.4) is 0 Å². The van der Waals surface area contributed by atoms with Gasteiger partial charge in [0.15, 0.2) is 0 Å². The number of carbonyl (C=O) groups is 6. The van der Waals surface area contributed by atoms with E-state index in [2.05, 4.69) is 25.4 Å². The monoisotopic (exact) mass is 469 g/mol. The van der Waals surface area contributed by atoms with Crippen molar-refractivity contribution in [2.45, 2.75) is 19.4 Å². The number of carbonyl (C=O) groups excluding carboxylic acids is 6. The zero-order valence-corrected chi connectivity index (χ0v) is 18.7. The number of para-hydroxylation sites is 1. The first kappa shape index (κ1) is 25.7. The zero-order valence-electron chi connectivity index (χ0n) is 18.7. The van der Waals surface area contributed by atoms with Crippen molar-refractivity contribution in [3.05, 3.63) is 59.7 Å². The lowest BCUT2D eigenvalue weighted by atomic mass is 10.1. The maximum Gasteiger partial charge on any atom is 0.328 e. The molecule has 2 aromatic rings. The van der Waals surface area contributed by atoms with E-state index in [1.54, 1.807) is 12.1 Å². The third-order valence-electron chi connectivity index (χ3n) is 4.48. The van der Waals surface area contributed by atoms with E-state index in [0.717, 1.165) is 14.2 Å². The topological polar surface area (TPSA) is 157 Å². The second kappa shape index (κ2) is 11.9. The lowest BCUT2D eigenvalue weighted by molar-refractivity contribution is -0.149. The lowest BCUT2D eigenvalue weighted by Crippen LogP contribution is -2.43. The number of nitrogens with one attached hydrogen (secondary N) is 3. The molecule has 2 rings (SSSR count). The summed E-state index contributed by atoms with van der Waals surface area (Å²) in [5.74, 6) is -4.40. The smallest absolute Gasteiger partial charge is 0.328 e. The van der Waals surface area contributed by atoms with Gasteiger partial charge in [0.2, 0.25) is 5.91 Å². The van der Waals surface area contributed by atoms with Crippen molar-refractivity contribution in [2.24, 2.45) is 0 Å². The average Bonchev–Trinajstić information content (AvgIpc) is 2.82. The Morgan fingerprint density at radius 2 is 1.50 bits per heavy atom. The van der Waals surface area contributed by atoms with E-state index in [-0.39, 0.29) is 22.5 Å². The van der Waals surface area contributed by atoms with Crippen LogP contribution in [0.15, 0.2) is 48.5 Å². The fourth-order valence-corrected chi connectivity index (χ4v) is 2.82. The molecular formula is C23H23N3O8. The highest BCUT2D eigenvalue weighted by Crippen LogP contribution is 2.17. The van der Waals surface area contributed by atoms with E-state index >= 15 is 0 Å². The number of anilines is 2. The Kier molecular flexibility index (Phi) is 9.00. The molecule has 2 aromatic carbocycles. The summed E-state index contributed by atoms with van der Waals surface area (Å²) in [6, 6.07) is 10.3. The fourth-order valence-electron chi connectivity index (χ4n) is 2.82. The number of benzene rings is 2. The first-order chi connectivity index (χ1) is 16.2. The van der Waals surface area contributed by atoms with Gasteiger partial charge in [0.1, 0.15) is 6.04 Å². The molecule has 34 heavy (non-hydrogen) atoms. The number of methoxy groups -OCH3 is 2. The van der Waals surface area contributed by atoms with Gasteiger partial charge in [0.25, 0.3) is 17.6 Å². The summed E-state index contributed by atoms with van der Waals surface area (Å²) < 4.78 is 9.09. The molecule has 3 amide bonds. The minimum Gasteiger partial charge on any atom is -0.469 e. The highest BCUT2D eigenvalue weighted by atomic mass is 16.5. The highest BCUT2D eigenvalue weighted by molar-refractivity contribution is 6.47. The summed E-state index contributed by atoms with van der Waals surface area (Å²) in [5.41, 5.74) is 0.574. The van der Waals surface area contributed by atoms with Gasteiger partial charge < -0.3 is 25.4 Å². The Hall–Kier alpha value is -4.54. The third kappa shape index (κ3) is 6.99. The molecule has 11 nitrogen and oxygen atoms in total. The van der Waals surface area contributed by atoms with E-state index in [0.29, 0.717) is 0 Å². The van der Waals surface area contributed by atoms with Crippen molar-refractivity contribution in [1.29, 1.82) is 0 Å². The Bertz CT molecular complexity index is 1110. The Balaban J connectivity index is 2.08. The molecule has 0 fully saturated rings. The van der Waals surface area contributed by atoms with Crippen LogP contribution < -0.4 is 16.0 Å². The summed E-state index contributed by atoms with van der Waals surface area (Å²) >= 11 is 0. The van der Waals surface area contributed by atoms with Crippen LogP contribution in [0.4, 0.5) is 11.4 Å². The molecule has 0 saturated heterocycles. The van der Waals surface area contributed by atoms with Crippen LogP contribution in [0.5, 0.6) is 0 Å². The van der Waals surface area contributed by atoms with Gasteiger partial charge in [-0.3, -0.25) is 24.0 Å². The molecular weight excluding hydrogens is 446 g/mol. The molecule has 3 N–H and O–H groups in total. The van der Waals surface area contributed by atoms with E-state index in [9.17, 15) is 28.8 Å². The predicted octanol–water partition coefficient (Wildman–Crippen LogP) is 1.30. The zero-order chi connectivity index (χ0) is 25.3. The molecule has 0 aliphatic rings. The molecule has 0 unspecified atom stereocenters. The summed E-state index contributed by atoms with van der Waals surface area (Å²) in [7, 11) is 2.26. The van der Waals surface area contributed by atoms with Gasteiger partial charge in [-0.15, -0.1) is 0 Å². The molecule has 0 saturated carbocycles. The van der Waals surface area contributed by atoms with Gasteiger partial charge in [0.05, 0.1) is 31.9 Å². The van der Waals surface area contributed by atoms with Crippen LogP contribution in [0.2, 0.25) is 0 Å². The number of ketones is 1. The van der Waals surface area contributed by atoms with E-state index in [1.165, 1.54) is 43.3 Å². The number of Topliss-reactive ketones (excluding diaryl/α,β-unsaturated/α-hetero) is 1. The third-order valence-corrected chi connectivity index (χ3v) is 4.48. The molecule has 0 aliphatic carbocycles. The van der Waals surface area contributed by atoms with Gasteiger partial charge in [-0.1, -0.05) is 12.1 Å². The van der Waals surface area contributed by atoms with Crippen LogP contribution >= 0.6 is 0 Å². The van der Waals surface area contributed by atoms with Gasteiger partial charge in [-0.2, -0.15) is 0 Å². The first-order valence-electron chi connectivity index (χ1n) is 9.94. The largest absolute Gasteiger partial charge is 0.469 e.